The standard InChI is InChI=1S/C19H19FN6O/c1-13-3-2-6-25(13)19-22-9-15(10-23-19)17-4-5-18(27)26(24-17)12-14-7-16(20)11-21-8-14/h4-5,7-11,13H,2-3,6,12H2,1H3. The van der Waals surface area contributed by atoms with Gasteiger partial charge in [-0.1, -0.05) is 0 Å². The van der Waals surface area contributed by atoms with E-state index in [0.29, 0.717) is 23.2 Å². The maximum absolute atomic E-state index is 13.3. The van der Waals surface area contributed by atoms with Gasteiger partial charge in [-0.25, -0.2) is 19.0 Å². The predicted molar refractivity (Wildman–Crippen MR) is 98.9 cm³/mol. The van der Waals surface area contributed by atoms with Crippen molar-refractivity contribution in [2.45, 2.75) is 32.4 Å². The summed E-state index contributed by atoms with van der Waals surface area (Å²) < 4.78 is 14.6. The van der Waals surface area contributed by atoms with Gasteiger partial charge in [0.15, 0.2) is 0 Å². The molecule has 8 heteroatoms. The highest BCUT2D eigenvalue weighted by Crippen LogP contribution is 2.23. The minimum absolute atomic E-state index is 0.141. The van der Waals surface area contributed by atoms with Crippen molar-refractivity contribution < 1.29 is 4.39 Å². The van der Waals surface area contributed by atoms with Crippen molar-refractivity contribution in [1.82, 2.24) is 24.7 Å². The second kappa shape index (κ2) is 7.22. The third-order valence-electron chi connectivity index (χ3n) is 4.70. The van der Waals surface area contributed by atoms with Crippen LogP contribution in [0.4, 0.5) is 10.3 Å². The van der Waals surface area contributed by atoms with Crippen molar-refractivity contribution in [3.05, 3.63) is 64.7 Å². The average molecular weight is 366 g/mol. The molecule has 138 valence electrons. The quantitative estimate of drug-likeness (QED) is 0.705. The van der Waals surface area contributed by atoms with Crippen LogP contribution in [0.15, 0.2) is 47.8 Å². The molecule has 0 bridgehead atoms. The Morgan fingerprint density at radius 1 is 1.19 bits per heavy atom. The zero-order chi connectivity index (χ0) is 18.8. The average Bonchev–Trinajstić information content (AvgIpc) is 3.10. The number of halogens is 1. The first-order chi connectivity index (χ1) is 13.1. The zero-order valence-corrected chi connectivity index (χ0v) is 14.9. The van der Waals surface area contributed by atoms with Gasteiger partial charge in [0, 0.05) is 42.8 Å². The highest BCUT2D eigenvalue weighted by Gasteiger charge is 2.22. The van der Waals surface area contributed by atoms with E-state index < -0.39 is 5.82 Å². The first kappa shape index (κ1) is 17.3. The second-order valence-corrected chi connectivity index (χ2v) is 6.68. The number of pyridine rings is 1. The van der Waals surface area contributed by atoms with E-state index in [9.17, 15) is 9.18 Å². The van der Waals surface area contributed by atoms with Crippen molar-refractivity contribution in [2.75, 3.05) is 11.4 Å². The molecule has 1 saturated heterocycles. The van der Waals surface area contributed by atoms with E-state index in [1.807, 2.05) is 0 Å². The van der Waals surface area contributed by atoms with Gasteiger partial charge >= 0.3 is 0 Å². The monoisotopic (exact) mass is 366 g/mol. The molecule has 0 spiro atoms. The van der Waals surface area contributed by atoms with E-state index in [-0.39, 0.29) is 12.1 Å². The van der Waals surface area contributed by atoms with Crippen LogP contribution in [0.3, 0.4) is 0 Å². The molecule has 1 aliphatic rings. The normalized spacial score (nSPS) is 16.7. The van der Waals surface area contributed by atoms with Crippen LogP contribution in [-0.2, 0) is 6.54 Å². The summed E-state index contributed by atoms with van der Waals surface area (Å²) in [6.07, 6.45) is 8.36. The summed E-state index contributed by atoms with van der Waals surface area (Å²) in [5, 5.41) is 4.37. The third kappa shape index (κ3) is 3.69. The third-order valence-corrected chi connectivity index (χ3v) is 4.70. The minimum Gasteiger partial charge on any atom is -0.338 e. The van der Waals surface area contributed by atoms with Gasteiger partial charge in [-0.3, -0.25) is 9.78 Å². The molecule has 0 aromatic carbocycles. The molecule has 1 atom stereocenters. The van der Waals surface area contributed by atoms with Crippen LogP contribution in [0.2, 0.25) is 0 Å². The summed E-state index contributed by atoms with van der Waals surface area (Å²) in [5.74, 6) is 0.264. The Balaban J connectivity index is 1.59. The molecule has 0 N–H and O–H groups in total. The van der Waals surface area contributed by atoms with Gasteiger partial charge in [0.2, 0.25) is 5.95 Å². The lowest BCUT2D eigenvalue weighted by molar-refractivity contribution is 0.604. The molecule has 3 aromatic heterocycles. The van der Waals surface area contributed by atoms with Gasteiger partial charge in [0.05, 0.1) is 18.4 Å². The van der Waals surface area contributed by atoms with Crippen molar-refractivity contribution in [1.29, 1.82) is 0 Å². The molecule has 0 aliphatic carbocycles. The Bertz CT molecular complexity index is 1000. The van der Waals surface area contributed by atoms with Gasteiger partial charge < -0.3 is 4.90 Å². The summed E-state index contributed by atoms with van der Waals surface area (Å²) in [4.78, 5) is 27.0. The molecular weight excluding hydrogens is 347 g/mol. The van der Waals surface area contributed by atoms with E-state index in [1.54, 1.807) is 18.5 Å². The van der Waals surface area contributed by atoms with E-state index in [4.69, 9.17) is 0 Å². The van der Waals surface area contributed by atoms with Crippen LogP contribution in [0.1, 0.15) is 25.3 Å². The van der Waals surface area contributed by atoms with E-state index in [0.717, 1.165) is 31.1 Å². The Kier molecular flexibility index (Phi) is 4.62. The Hall–Kier alpha value is -3.16. The van der Waals surface area contributed by atoms with Gasteiger partial charge in [0.1, 0.15) is 5.82 Å². The maximum atomic E-state index is 13.3. The number of hydrogen-bond acceptors (Lipinski definition) is 6. The molecule has 1 unspecified atom stereocenters. The van der Waals surface area contributed by atoms with Crippen molar-refractivity contribution in [2.24, 2.45) is 0 Å². The first-order valence-corrected chi connectivity index (χ1v) is 8.87. The van der Waals surface area contributed by atoms with Crippen LogP contribution in [0.5, 0.6) is 0 Å². The highest BCUT2D eigenvalue weighted by molar-refractivity contribution is 5.56. The van der Waals surface area contributed by atoms with Crippen LogP contribution >= 0.6 is 0 Å². The van der Waals surface area contributed by atoms with Crippen LogP contribution in [-0.4, -0.2) is 37.3 Å². The second-order valence-electron chi connectivity index (χ2n) is 6.68. The fourth-order valence-electron chi connectivity index (χ4n) is 3.26. The number of rotatable bonds is 4. The van der Waals surface area contributed by atoms with Gasteiger partial charge in [-0.05, 0) is 37.5 Å². The van der Waals surface area contributed by atoms with Crippen LogP contribution in [0.25, 0.3) is 11.3 Å². The topological polar surface area (TPSA) is 76.8 Å². The van der Waals surface area contributed by atoms with E-state index in [1.165, 1.54) is 23.0 Å². The largest absolute Gasteiger partial charge is 0.338 e. The molecule has 3 aromatic rings. The first-order valence-electron chi connectivity index (χ1n) is 8.87. The molecule has 7 nitrogen and oxygen atoms in total. The number of aromatic nitrogens is 5. The lowest BCUT2D eigenvalue weighted by Gasteiger charge is -2.20. The number of nitrogens with zero attached hydrogens (tertiary/aromatic N) is 6. The summed E-state index contributed by atoms with van der Waals surface area (Å²) in [6, 6.07) is 4.85. The van der Waals surface area contributed by atoms with E-state index in [2.05, 4.69) is 31.9 Å². The molecular formula is C19H19FN6O. The van der Waals surface area contributed by atoms with E-state index >= 15 is 0 Å². The molecule has 0 radical (unpaired) electrons. The summed E-state index contributed by atoms with van der Waals surface area (Å²) in [5.41, 5.74) is 1.60. The molecule has 4 rings (SSSR count). The lowest BCUT2D eigenvalue weighted by atomic mass is 10.2. The fourth-order valence-corrected chi connectivity index (χ4v) is 3.26. The molecule has 1 aliphatic heterocycles. The Morgan fingerprint density at radius 2 is 2.00 bits per heavy atom. The number of anilines is 1. The smallest absolute Gasteiger partial charge is 0.267 e. The Labute approximate surface area is 155 Å². The molecule has 27 heavy (non-hydrogen) atoms. The van der Waals surface area contributed by atoms with Gasteiger partial charge in [-0.2, -0.15) is 5.10 Å². The van der Waals surface area contributed by atoms with Crippen LogP contribution in [0, 0.1) is 5.82 Å². The van der Waals surface area contributed by atoms with Gasteiger partial charge in [0.25, 0.3) is 5.56 Å². The van der Waals surface area contributed by atoms with Crippen molar-refractivity contribution in [3.63, 3.8) is 0 Å². The molecule has 1 fully saturated rings. The summed E-state index contributed by atoms with van der Waals surface area (Å²) in [7, 11) is 0. The Morgan fingerprint density at radius 3 is 2.70 bits per heavy atom. The molecule has 0 amide bonds. The predicted octanol–water partition coefficient (Wildman–Crippen LogP) is 2.27. The van der Waals surface area contributed by atoms with Gasteiger partial charge in [-0.15, -0.1) is 0 Å². The fraction of sp³-hybridized carbons (Fsp3) is 0.316. The SMILES string of the molecule is CC1CCCN1c1ncc(-c2ccc(=O)n(Cc3cncc(F)c3)n2)cn1. The number of hydrogen-bond donors (Lipinski definition) is 0. The molecule has 4 heterocycles. The maximum Gasteiger partial charge on any atom is 0.267 e. The van der Waals surface area contributed by atoms with Crippen molar-refractivity contribution in [3.8, 4) is 11.3 Å². The summed E-state index contributed by atoms with van der Waals surface area (Å²) >= 11 is 0. The minimum atomic E-state index is -0.447. The zero-order valence-electron chi connectivity index (χ0n) is 14.9. The summed E-state index contributed by atoms with van der Waals surface area (Å²) in [6.45, 7) is 3.27. The van der Waals surface area contributed by atoms with Crippen LogP contribution < -0.4 is 10.5 Å². The molecule has 0 saturated carbocycles. The lowest BCUT2D eigenvalue weighted by Crippen LogP contribution is -2.28. The highest BCUT2D eigenvalue weighted by atomic mass is 19.1. The van der Waals surface area contributed by atoms with Crippen molar-refractivity contribution >= 4 is 5.95 Å².